The summed E-state index contributed by atoms with van der Waals surface area (Å²) in [6, 6.07) is 33.8. The quantitative estimate of drug-likeness (QED) is 0.166. The Balaban J connectivity index is 1.35. The number of aliphatic hydroxyl groups is 1. The van der Waals surface area contributed by atoms with Crippen LogP contribution in [0.1, 0.15) is 47.9 Å². The number of nitrogens with zero attached hydrogens (tertiary/aromatic N) is 1. The molecule has 7 nitrogen and oxygen atoms in total. The molecule has 1 saturated heterocycles. The summed E-state index contributed by atoms with van der Waals surface area (Å²) in [6.45, 7) is 1.90. The summed E-state index contributed by atoms with van der Waals surface area (Å²) < 4.78 is 6.13. The molecular weight excluding hydrogens is 638 g/mol. The molecule has 1 aliphatic heterocycles. The molecule has 3 aliphatic carbocycles. The van der Waals surface area contributed by atoms with Crippen LogP contribution in [-0.2, 0) is 31.0 Å². The maximum Gasteiger partial charge on any atom is 0.238 e. The molecule has 0 bridgehead atoms. The van der Waals surface area contributed by atoms with Crippen molar-refractivity contribution in [2.75, 3.05) is 18.1 Å². The lowest BCUT2D eigenvalue weighted by Crippen LogP contribution is -2.58. The Morgan fingerprint density at radius 3 is 2.20 bits per heavy atom. The number of amides is 2. The van der Waals surface area contributed by atoms with Crippen molar-refractivity contribution < 1.29 is 29.0 Å². The van der Waals surface area contributed by atoms with Gasteiger partial charge in [0.25, 0.3) is 0 Å². The number of carbonyl (C=O) groups is 4. The second kappa shape index (κ2) is 13.1. The van der Waals surface area contributed by atoms with Gasteiger partial charge in [-0.05, 0) is 66.1 Å². The number of anilines is 1. The monoisotopic (exact) mass is 677 g/mol. The molecule has 51 heavy (non-hydrogen) atoms. The summed E-state index contributed by atoms with van der Waals surface area (Å²) in [5, 5.41) is 9.73. The molecule has 4 aromatic rings. The highest BCUT2D eigenvalue weighted by atomic mass is 16.5. The summed E-state index contributed by atoms with van der Waals surface area (Å²) in [7, 11) is 0. The maximum atomic E-state index is 15.2. The molecule has 2 amide bonds. The van der Waals surface area contributed by atoms with Crippen LogP contribution in [0.25, 0.3) is 5.57 Å². The molecule has 8 rings (SSSR count). The highest BCUT2D eigenvalue weighted by Crippen LogP contribution is 2.64. The van der Waals surface area contributed by atoms with E-state index in [1.54, 1.807) is 0 Å². The lowest BCUT2D eigenvalue weighted by Gasteiger charge is -2.55. The minimum atomic E-state index is -1.36. The van der Waals surface area contributed by atoms with E-state index in [-0.39, 0.29) is 43.0 Å². The van der Waals surface area contributed by atoms with Crippen molar-refractivity contribution in [3.63, 3.8) is 0 Å². The van der Waals surface area contributed by atoms with E-state index >= 15 is 9.59 Å². The van der Waals surface area contributed by atoms with Gasteiger partial charge < -0.3 is 9.84 Å². The van der Waals surface area contributed by atoms with Gasteiger partial charge in [-0.2, -0.15) is 0 Å². The number of carbonyl (C=O) groups excluding carboxylic acids is 4. The molecule has 4 aromatic carbocycles. The Morgan fingerprint density at radius 2 is 1.49 bits per heavy atom. The molecule has 1 N–H and O–H groups in total. The van der Waals surface area contributed by atoms with E-state index in [1.807, 2.05) is 109 Å². The van der Waals surface area contributed by atoms with Crippen LogP contribution in [0.2, 0.25) is 0 Å². The number of Topliss-reactive ketones (excluding diaryl/α,β-unsaturated/α-hetero) is 1. The third-order valence-corrected chi connectivity index (χ3v) is 11.6. The van der Waals surface area contributed by atoms with Crippen molar-refractivity contribution in [1.29, 1.82) is 0 Å². The second-order valence-corrected chi connectivity index (χ2v) is 13.9. The Bertz CT molecular complexity index is 2080. The molecule has 7 heteroatoms. The van der Waals surface area contributed by atoms with Gasteiger partial charge in [-0.25, -0.2) is 0 Å². The van der Waals surface area contributed by atoms with E-state index in [4.69, 9.17) is 4.74 Å². The predicted octanol–water partition coefficient (Wildman–Crippen LogP) is 6.65. The van der Waals surface area contributed by atoms with Crippen LogP contribution >= 0.6 is 0 Å². The number of rotatable bonds is 8. The summed E-state index contributed by atoms with van der Waals surface area (Å²) >= 11 is 0. The van der Waals surface area contributed by atoms with Gasteiger partial charge in [0, 0.05) is 23.0 Å². The van der Waals surface area contributed by atoms with Gasteiger partial charge in [0.1, 0.15) is 12.4 Å². The fourth-order valence-corrected chi connectivity index (χ4v) is 9.36. The van der Waals surface area contributed by atoms with Gasteiger partial charge in [0.15, 0.2) is 11.6 Å². The van der Waals surface area contributed by atoms with E-state index in [2.05, 4.69) is 13.0 Å². The zero-order chi connectivity index (χ0) is 35.3. The molecule has 6 atom stereocenters. The Morgan fingerprint density at radius 1 is 0.804 bits per heavy atom. The van der Waals surface area contributed by atoms with Crippen molar-refractivity contribution >= 4 is 34.6 Å². The van der Waals surface area contributed by atoms with Crippen LogP contribution in [-0.4, -0.2) is 41.7 Å². The van der Waals surface area contributed by atoms with Crippen molar-refractivity contribution in [2.45, 2.75) is 37.5 Å². The van der Waals surface area contributed by atoms with E-state index in [1.165, 1.54) is 11.0 Å². The van der Waals surface area contributed by atoms with E-state index in [0.29, 0.717) is 40.1 Å². The first-order chi connectivity index (χ1) is 24.9. The first kappa shape index (κ1) is 32.8. The van der Waals surface area contributed by atoms with Crippen LogP contribution < -0.4 is 9.64 Å². The molecule has 2 fully saturated rings. The number of aryl methyl sites for hydroxylation is 1. The molecule has 0 aromatic heterocycles. The first-order valence-corrected chi connectivity index (χ1v) is 17.8. The number of ketones is 2. The molecule has 4 aliphatic rings. The van der Waals surface area contributed by atoms with Crippen molar-refractivity contribution in [3.8, 4) is 5.75 Å². The van der Waals surface area contributed by atoms with E-state index in [0.717, 1.165) is 17.6 Å². The van der Waals surface area contributed by atoms with Gasteiger partial charge in [-0.1, -0.05) is 110 Å². The Labute approximate surface area is 297 Å². The van der Waals surface area contributed by atoms with Gasteiger partial charge >= 0.3 is 0 Å². The third kappa shape index (κ3) is 5.05. The van der Waals surface area contributed by atoms with Crippen molar-refractivity contribution in [3.05, 3.63) is 149 Å². The predicted molar refractivity (Wildman–Crippen MR) is 194 cm³/mol. The van der Waals surface area contributed by atoms with Crippen LogP contribution in [0.15, 0.2) is 127 Å². The zero-order valence-electron chi connectivity index (χ0n) is 28.4. The molecule has 6 unspecified atom stereocenters. The number of hydrogen-bond acceptors (Lipinski definition) is 6. The number of para-hydroxylation sites is 1. The average molecular weight is 678 g/mol. The molecule has 0 radical (unpaired) electrons. The highest BCUT2D eigenvalue weighted by Gasteiger charge is 2.66. The van der Waals surface area contributed by atoms with Crippen molar-refractivity contribution in [1.82, 2.24) is 0 Å². The summed E-state index contributed by atoms with van der Waals surface area (Å²) in [5.41, 5.74) is 3.61. The fourth-order valence-electron chi connectivity index (χ4n) is 9.36. The van der Waals surface area contributed by atoms with Gasteiger partial charge in [0.2, 0.25) is 11.8 Å². The zero-order valence-corrected chi connectivity index (χ0v) is 28.4. The summed E-state index contributed by atoms with van der Waals surface area (Å²) in [5.74, 6) is -3.64. The lowest BCUT2D eigenvalue weighted by atomic mass is 9.44. The fraction of sp³-hybridized carbons (Fsp3) is 0.273. The number of hydrogen-bond donors (Lipinski definition) is 1. The second-order valence-electron chi connectivity index (χ2n) is 13.9. The van der Waals surface area contributed by atoms with Crippen molar-refractivity contribution in [2.24, 2.45) is 23.7 Å². The number of aliphatic hydroxyl groups excluding tert-OH is 1. The first-order valence-electron chi connectivity index (χ1n) is 17.8. The SMILES string of the molecule is CCc1ccc(N2C(=O)C3CC=C4C(CC5C(=O)C(c6ccccc6)=CC(=O)C5(c5ccccc5)C4c4ccccc4OCCO)C3C2=O)cc1. The highest BCUT2D eigenvalue weighted by molar-refractivity contribution is 6.32. The molecule has 1 heterocycles. The molecule has 1 saturated carbocycles. The van der Waals surface area contributed by atoms with Gasteiger partial charge in [0.05, 0.1) is 29.5 Å². The smallest absolute Gasteiger partial charge is 0.238 e. The lowest BCUT2D eigenvalue weighted by molar-refractivity contribution is -0.135. The van der Waals surface area contributed by atoms with Crippen LogP contribution in [0, 0.1) is 23.7 Å². The van der Waals surface area contributed by atoms with Crippen LogP contribution in [0.4, 0.5) is 5.69 Å². The number of benzene rings is 4. The summed E-state index contributed by atoms with van der Waals surface area (Å²) in [6.07, 6.45) is 4.98. The van der Waals surface area contributed by atoms with Gasteiger partial charge in [-0.15, -0.1) is 0 Å². The summed E-state index contributed by atoms with van der Waals surface area (Å²) in [4.78, 5) is 60.4. The molecule has 0 spiro atoms. The molecule has 256 valence electrons. The maximum absolute atomic E-state index is 15.2. The molecular formula is C44H39NO6. The van der Waals surface area contributed by atoms with E-state index in [9.17, 15) is 14.7 Å². The van der Waals surface area contributed by atoms with Crippen LogP contribution in [0.3, 0.4) is 0 Å². The Hall–Kier alpha value is -5.40. The third-order valence-electron chi connectivity index (χ3n) is 11.6. The normalized spacial score (nSPS) is 26.9. The largest absolute Gasteiger partial charge is 0.491 e. The standard InChI is InChI=1S/C44H39NO6/c1-2-27-17-19-30(20-18-27)45-42(49)33-22-21-31-35(39(33)43(45)50)25-36-41(48)34(28-11-5-3-6-12-28)26-38(47)44(36,29-13-7-4-8-14-29)40(31)32-15-9-10-16-37(32)51-24-23-46/h3-21,26,33,35-36,39-40,46H,2,22-25H2,1H3. The topological polar surface area (TPSA) is 101 Å². The average Bonchev–Trinajstić information content (AvgIpc) is 3.44. The number of imide groups is 1. The minimum absolute atomic E-state index is 0.0440. The Kier molecular flexibility index (Phi) is 8.39. The number of fused-ring (bicyclic) bond motifs is 4. The number of allylic oxidation sites excluding steroid dienone is 4. The van der Waals surface area contributed by atoms with E-state index < -0.39 is 35.0 Å². The van der Waals surface area contributed by atoms with Gasteiger partial charge in [-0.3, -0.25) is 24.1 Å². The number of ether oxygens (including phenoxy) is 1. The minimum Gasteiger partial charge on any atom is -0.491 e. The van der Waals surface area contributed by atoms with Crippen LogP contribution in [0.5, 0.6) is 5.75 Å².